The van der Waals surface area contributed by atoms with E-state index in [1.165, 1.54) is 0 Å². The molecule has 0 atom stereocenters. The third-order valence-electron chi connectivity index (χ3n) is 3.15. The standard InChI is InChI=1S/C14H21NO3/c1-9-7-12(18-6)10(8-11(9)17-5)13(16)14(2,3)15-4/h7-8,15H,1-6H3. The summed E-state index contributed by atoms with van der Waals surface area (Å²) in [5, 5.41) is 3.00. The van der Waals surface area contributed by atoms with Crippen molar-refractivity contribution < 1.29 is 14.3 Å². The number of aryl methyl sites for hydroxylation is 1. The van der Waals surface area contributed by atoms with Crippen molar-refractivity contribution >= 4 is 5.78 Å². The summed E-state index contributed by atoms with van der Waals surface area (Å²) >= 11 is 0. The lowest BCUT2D eigenvalue weighted by molar-refractivity contribution is 0.0886. The minimum absolute atomic E-state index is 0.0276. The van der Waals surface area contributed by atoms with Crippen LogP contribution in [-0.2, 0) is 0 Å². The van der Waals surface area contributed by atoms with Crippen LogP contribution in [0.25, 0.3) is 0 Å². The summed E-state index contributed by atoms with van der Waals surface area (Å²) in [5.74, 6) is 1.23. The second-order valence-corrected chi connectivity index (χ2v) is 4.73. The second-order valence-electron chi connectivity index (χ2n) is 4.73. The Morgan fingerprint density at radius 2 is 1.72 bits per heavy atom. The molecule has 0 unspecified atom stereocenters. The van der Waals surface area contributed by atoms with Crippen molar-refractivity contribution in [2.75, 3.05) is 21.3 Å². The Kier molecular flexibility index (Phi) is 4.35. The van der Waals surface area contributed by atoms with Gasteiger partial charge >= 0.3 is 0 Å². The van der Waals surface area contributed by atoms with Crippen LogP contribution in [0.1, 0.15) is 29.8 Å². The summed E-state index contributed by atoms with van der Waals surface area (Å²) < 4.78 is 10.5. The summed E-state index contributed by atoms with van der Waals surface area (Å²) in [4.78, 5) is 12.5. The lowest BCUT2D eigenvalue weighted by atomic mass is 9.92. The Balaban J connectivity index is 3.34. The Morgan fingerprint density at radius 1 is 1.17 bits per heavy atom. The van der Waals surface area contributed by atoms with E-state index >= 15 is 0 Å². The third kappa shape index (κ3) is 2.64. The van der Waals surface area contributed by atoms with Gasteiger partial charge in [0.15, 0.2) is 5.78 Å². The largest absolute Gasteiger partial charge is 0.496 e. The third-order valence-corrected chi connectivity index (χ3v) is 3.15. The van der Waals surface area contributed by atoms with Crippen LogP contribution in [0, 0.1) is 6.92 Å². The molecule has 0 saturated carbocycles. The van der Waals surface area contributed by atoms with Crippen molar-refractivity contribution in [2.45, 2.75) is 26.3 Å². The maximum atomic E-state index is 12.5. The van der Waals surface area contributed by atoms with Gasteiger partial charge in [0, 0.05) is 0 Å². The van der Waals surface area contributed by atoms with E-state index in [2.05, 4.69) is 5.32 Å². The van der Waals surface area contributed by atoms with Gasteiger partial charge in [-0.05, 0) is 45.5 Å². The monoisotopic (exact) mass is 251 g/mol. The van der Waals surface area contributed by atoms with E-state index in [1.54, 1.807) is 27.3 Å². The molecule has 1 aromatic rings. The van der Waals surface area contributed by atoms with Gasteiger partial charge in [-0.25, -0.2) is 0 Å². The minimum atomic E-state index is -0.645. The first-order chi connectivity index (χ1) is 8.37. The van der Waals surface area contributed by atoms with Gasteiger partial charge < -0.3 is 14.8 Å². The molecule has 1 rings (SSSR count). The average molecular weight is 251 g/mol. The normalized spacial score (nSPS) is 11.2. The van der Waals surface area contributed by atoms with Crippen LogP contribution in [0.3, 0.4) is 0 Å². The van der Waals surface area contributed by atoms with Gasteiger partial charge in [0.1, 0.15) is 11.5 Å². The molecule has 0 radical (unpaired) electrons. The number of ether oxygens (including phenoxy) is 2. The molecule has 4 nitrogen and oxygen atoms in total. The fourth-order valence-corrected chi connectivity index (χ4v) is 1.68. The molecule has 0 aromatic heterocycles. The number of likely N-dealkylation sites (N-methyl/N-ethyl adjacent to an activating group) is 1. The van der Waals surface area contributed by atoms with Crippen LogP contribution in [0.5, 0.6) is 11.5 Å². The topological polar surface area (TPSA) is 47.6 Å². The fraction of sp³-hybridized carbons (Fsp3) is 0.500. The van der Waals surface area contributed by atoms with Crippen LogP contribution in [-0.4, -0.2) is 32.6 Å². The van der Waals surface area contributed by atoms with Gasteiger partial charge in [-0.2, -0.15) is 0 Å². The van der Waals surface area contributed by atoms with Gasteiger partial charge in [-0.1, -0.05) is 0 Å². The number of methoxy groups -OCH3 is 2. The molecular weight excluding hydrogens is 230 g/mol. The van der Waals surface area contributed by atoms with Crippen LogP contribution < -0.4 is 14.8 Å². The van der Waals surface area contributed by atoms with Crippen LogP contribution in [0.4, 0.5) is 0 Å². The van der Waals surface area contributed by atoms with Crippen molar-refractivity contribution in [1.29, 1.82) is 0 Å². The van der Waals surface area contributed by atoms with Crippen molar-refractivity contribution in [2.24, 2.45) is 0 Å². The summed E-state index contributed by atoms with van der Waals surface area (Å²) in [6.07, 6.45) is 0. The number of ketones is 1. The number of rotatable bonds is 5. The first-order valence-electron chi connectivity index (χ1n) is 5.83. The van der Waals surface area contributed by atoms with E-state index in [4.69, 9.17) is 9.47 Å². The first-order valence-corrected chi connectivity index (χ1v) is 5.83. The Morgan fingerprint density at radius 3 is 2.17 bits per heavy atom. The highest BCUT2D eigenvalue weighted by Crippen LogP contribution is 2.30. The predicted molar refractivity (Wildman–Crippen MR) is 71.8 cm³/mol. The molecule has 0 heterocycles. The molecule has 0 amide bonds. The van der Waals surface area contributed by atoms with Crippen LogP contribution in [0.15, 0.2) is 12.1 Å². The zero-order valence-electron chi connectivity index (χ0n) is 11.9. The number of hydrogen-bond acceptors (Lipinski definition) is 4. The highest BCUT2D eigenvalue weighted by Gasteiger charge is 2.29. The highest BCUT2D eigenvalue weighted by molar-refractivity contribution is 6.05. The van der Waals surface area contributed by atoms with Crippen molar-refractivity contribution in [3.05, 3.63) is 23.3 Å². The van der Waals surface area contributed by atoms with Crippen molar-refractivity contribution in [3.63, 3.8) is 0 Å². The molecule has 0 bridgehead atoms. The highest BCUT2D eigenvalue weighted by atomic mass is 16.5. The summed E-state index contributed by atoms with van der Waals surface area (Å²) in [5.41, 5.74) is 0.820. The lowest BCUT2D eigenvalue weighted by Gasteiger charge is -2.24. The molecule has 1 aromatic carbocycles. The SMILES string of the molecule is CNC(C)(C)C(=O)c1cc(OC)c(C)cc1OC. The van der Waals surface area contributed by atoms with Gasteiger partial charge in [-0.3, -0.25) is 4.79 Å². The van der Waals surface area contributed by atoms with E-state index in [0.717, 1.165) is 5.56 Å². The van der Waals surface area contributed by atoms with Gasteiger partial charge in [-0.15, -0.1) is 0 Å². The molecule has 100 valence electrons. The molecule has 4 heteroatoms. The maximum absolute atomic E-state index is 12.5. The van der Waals surface area contributed by atoms with E-state index < -0.39 is 5.54 Å². The number of hydrogen-bond donors (Lipinski definition) is 1. The zero-order chi connectivity index (χ0) is 13.9. The first kappa shape index (κ1) is 14.5. The Bertz CT molecular complexity index is 453. The van der Waals surface area contributed by atoms with Gasteiger partial charge in [0.05, 0.1) is 25.3 Å². The summed E-state index contributed by atoms with van der Waals surface area (Å²) in [7, 11) is 4.91. The van der Waals surface area contributed by atoms with E-state index in [-0.39, 0.29) is 5.78 Å². The molecule has 0 saturated heterocycles. The van der Waals surface area contributed by atoms with E-state index in [0.29, 0.717) is 17.1 Å². The van der Waals surface area contributed by atoms with Crippen molar-refractivity contribution in [3.8, 4) is 11.5 Å². The van der Waals surface area contributed by atoms with E-state index in [9.17, 15) is 4.79 Å². The predicted octanol–water partition coefficient (Wildman–Crippen LogP) is 2.19. The summed E-state index contributed by atoms with van der Waals surface area (Å²) in [6.45, 7) is 5.58. The Hall–Kier alpha value is -1.55. The Labute approximate surface area is 108 Å². The van der Waals surface area contributed by atoms with Crippen molar-refractivity contribution in [1.82, 2.24) is 5.32 Å². The molecule has 0 spiro atoms. The zero-order valence-corrected chi connectivity index (χ0v) is 11.9. The van der Waals surface area contributed by atoms with Gasteiger partial charge in [0.2, 0.25) is 0 Å². The average Bonchev–Trinajstić information content (AvgIpc) is 2.37. The number of carbonyl (C=O) groups is 1. The number of benzene rings is 1. The number of carbonyl (C=O) groups excluding carboxylic acids is 1. The van der Waals surface area contributed by atoms with Crippen LogP contribution >= 0.6 is 0 Å². The molecule has 0 aliphatic heterocycles. The number of Topliss-reactive ketones (excluding diaryl/α,β-unsaturated/α-hetero) is 1. The molecule has 0 aliphatic carbocycles. The molecule has 18 heavy (non-hydrogen) atoms. The summed E-state index contributed by atoms with van der Waals surface area (Å²) in [6, 6.07) is 3.55. The molecule has 1 N–H and O–H groups in total. The van der Waals surface area contributed by atoms with E-state index in [1.807, 2.05) is 26.8 Å². The smallest absolute Gasteiger partial charge is 0.186 e. The quantitative estimate of drug-likeness (QED) is 0.815. The second kappa shape index (κ2) is 5.40. The molecule has 0 fully saturated rings. The van der Waals surface area contributed by atoms with Gasteiger partial charge in [0.25, 0.3) is 0 Å². The minimum Gasteiger partial charge on any atom is -0.496 e. The lowest BCUT2D eigenvalue weighted by Crippen LogP contribution is -2.44. The number of nitrogens with one attached hydrogen (secondary N) is 1. The maximum Gasteiger partial charge on any atom is 0.186 e. The molecule has 0 aliphatic rings. The molecular formula is C14H21NO3. The fourth-order valence-electron chi connectivity index (χ4n) is 1.68. The van der Waals surface area contributed by atoms with Crippen LogP contribution in [0.2, 0.25) is 0 Å².